The van der Waals surface area contributed by atoms with Crippen LogP contribution in [0.3, 0.4) is 0 Å². The molecule has 0 aromatic carbocycles. The first-order valence-corrected chi connectivity index (χ1v) is 3.61. The predicted molar refractivity (Wildman–Crippen MR) is 42.9 cm³/mol. The van der Waals surface area contributed by atoms with Gasteiger partial charge in [0, 0.05) is 6.42 Å². The fraction of sp³-hybridized carbons (Fsp3) is 0.500. The largest absolute Gasteiger partial charge is 0.481 e. The van der Waals surface area contributed by atoms with Crippen molar-refractivity contribution in [1.82, 2.24) is 0 Å². The highest BCUT2D eigenvalue weighted by Gasteiger charge is 1.98. The van der Waals surface area contributed by atoms with Gasteiger partial charge in [0.1, 0.15) is 0 Å². The van der Waals surface area contributed by atoms with Crippen molar-refractivity contribution in [2.45, 2.75) is 26.2 Å². The second-order valence-electron chi connectivity index (χ2n) is 2.54. The Labute approximate surface area is 70.5 Å². The zero-order valence-corrected chi connectivity index (χ0v) is 6.91. The fourth-order valence-electron chi connectivity index (χ4n) is 0.668. The van der Waals surface area contributed by atoms with Crippen molar-refractivity contribution >= 4 is 11.9 Å². The van der Waals surface area contributed by atoms with Gasteiger partial charge in [-0.15, -0.1) is 0 Å². The second kappa shape index (κ2) is 5.35. The van der Waals surface area contributed by atoms with E-state index in [9.17, 15) is 9.59 Å². The van der Waals surface area contributed by atoms with Crippen molar-refractivity contribution in [2.24, 2.45) is 0 Å². The number of rotatable bonds is 5. The normalized spacial score (nSPS) is 11.2. The lowest BCUT2D eigenvalue weighted by atomic mass is 10.1. The lowest BCUT2D eigenvalue weighted by Crippen LogP contribution is -1.95. The van der Waals surface area contributed by atoms with Crippen molar-refractivity contribution in [3.63, 3.8) is 0 Å². The lowest BCUT2D eigenvalue weighted by molar-refractivity contribution is -0.137. The van der Waals surface area contributed by atoms with Crippen LogP contribution in [0.2, 0.25) is 0 Å². The molecule has 0 heterocycles. The van der Waals surface area contributed by atoms with Crippen LogP contribution in [0.1, 0.15) is 26.2 Å². The first kappa shape index (κ1) is 10.7. The summed E-state index contributed by atoms with van der Waals surface area (Å²) in [5.74, 6) is -1.76. The number of aliphatic carboxylic acids is 2. The molecule has 0 amide bonds. The van der Waals surface area contributed by atoms with Crippen LogP contribution < -0.4 is 0 Å². The number of hydrogen-bond donors (Lipinski definition) is 2. The summed E-state index contributed by atoms with van der Waals surface area (Å²) in [5.41, 5.74) is 0.805. The van der Waals surface area contributed by atoms with Crippen molar-refractivity contribution in [2.75, 3.05) is 0 Å². The van der Waals surface area contributed by atoms with Crippen LogP contribution in [0.25, 0.3) is 0 Å². The summed E-state index contributed by atoms with van der Waals surface area (Å²) in [4.78, 5) is 20.2. The Morgan fingerprint density at radius 3 is 2.17 bits per heavy atom. The number of carbonyl (C=O) groups is 2. The van der Waals surface area contributed by atoms with Gasteiger partial charge in [-0.1, -0.05) is 11.6 Å². The van der Waals surface area contributed by atoms with E-state index >= 15 is 0 Å². The molecule has 0 unspecified atom stereocenters. The van der Waals surface area contributed by atoms with Crippen molar-refractivity contribution in [1.29, 1.82) is 0 Å². The maximum Gasteiger partial charge on any atom is 0.307 e. The van der Waals surface area contributed by atoms with Gasteiger partial charge in [-0.25, -0.2) is 0 Å². The van der Waals surface area contributed by atoms with Gasteiger partial charge in [0.05, 0.1) is 6.42 Å². The van der Waals surface area contributed by atoms with E-state index in [1.54, 1.807) is 6.92 Å². The van der Waals surface area contributed by atoms with Gasteiger partial charge in [0.25, 0.3) is 0 Å². The van der Waals surface area contributed by atoms with E-state index < -0.39 is 11.9 Å². The summed E-state index contributed by atoms with van der Waals surface area (Å²) in [7, 11) is 0. The number of carboxylic acid groups (broad SMARTS) is 2. The van der Waals surface area contributed by atoms with E-state index in [1.807, 2.05) is 0 Å². The Morgan fingerprint density at radius 1 is 1.17 bits per heavy atom. The van der Waals surface area contributed by atoms with Crippen molar-refractivity contribution < 1.29 is 19.8 Å². The van der Waals surface area contributed by atoms with Crippen LogP contribution in [0.4, 0.5) is 0 Å². The molecule has 0 spiro atoms. The second-order valence-corrected chi connectivity index (χ2v) is 2.54. The Balaban J connectivity index is 3.70. The maximum absolute atomic E-state index is 10.1. The summed E-state index contributed by atoms with van der Waals surface area (Å²) in [6.07, 6.45) is 1.97. The molecule has 0 atom stereocenters. The third-order valence-electron chi connectivity index (χ3n) is 1.36. The Hall–Kier alpha value is -1.32. The van der Waals surface area contributed by atoms with Crippen LogP contribution in [0.5, 0.6) is 0 Å². The van der Waals surface area contributed by atoms with E-state index in [4.69, 9.17) is 10.2 Å². The van der Waals surface area contributed by atoms with E-state index in [0.717, 1.165) is 5.57 Å². The molecule has 0 fully saturated rings. The third kappa shape index (κ3) is 6.80. The highest BCUT2D eigenvalue weighted by Crippen LogP contribution is 2.04. The molecule has 0 saturated heterocycles. The summed E-state index contributed by atoms with van der Waals surface area (Å²) in [5, 5.41) is 16.6. The van der Waals surface area contributed by atoms with Crippen LogP contribution in [-0.2, 0) is 9.59 Å². The molecule has 0 rings (SSSR count). The molecule has 0 bridgehead atoms. The van der Waals surface area contributed by atoms with E-state index in [-0.39, 0.29) is 12.8 Å². The third-order valence-corrected chi connectivity index (χ3v) is 1.36. The Morgan fingerprint density at radius 2 is 1.75 bits per heavy atom. The average Bonchev–Trinajstić information content (AvgIpc) is 1.96. The van der Waals surface area contributed by atoms with Gasteiger partial charge in [0.15, 0.2) is 0 Å². The predicted octanol–water partition coefficient (Wildman–Crippen LogP) is 1.27. The average molecular weight is 172 g/mol. The van der Waals surface area contributed by atoms with E-state index in [1.165, 1.54) is 6.08 Å². The summed E-state index contributed by atoms with van der Waals surface area (Å²) in [6, 6.07) is 0. The van der Waals surface area contributed by atoms with Gasteiger partial charge in [-0.05, 0) is 13.3 Å². The quantitative estimate of drug-likeness (QED) is 0.612. The van der Waals surface area contributed by atoms with Crippen LogP contribution >= 0.6 is 0 Å². The molecule has 0 aliphatic carbocycles. The van der Waals surface area contributed by atoms with Gasteiger partial charge in [-0.3, -0.25) is 9.59 Å². The molecule has 12 heavy (non-hydrogen) atoms. The minimum Gasteiger partial charge on any atom is -0.481 e. The minimum absolute atomic E-state index is 0.0363. The monoisotopic (exact) mass is 172 g/mol. The number of allylic oxidation sites excluding steroid dienone is 1. The number of carboxylic acids is 2. The van der Waals surface area contributed by atoms with Crippen molar-refractivity contribution in [3.8, 4) is 0 Å². The van der Waals surface area contributed by atoms with Crippen LogP contribution in [0, 0.1) is 0 Å². The molecule has 0 aliphatic heterocycles. The summed E-state index contributed by atoms with van der Waals surface area (Å²) < 4.78 is 0. The SMILES string of the molecule is C/C(=C\CC(=O)O)CCC(=O)O. The standard InChI is InChI=1S/C8H12O4/c1-6(2-4-7(9)10)3-5-8(11)12/h2H,3-5H2,1H3,(H,9,10)(H,11,12)/b6-2+. The minimum atomic E-state index is -0.898. The molecular formula is C8H12O4. The molecule has 0 saturated carbocycles. The molecule has 4 nitrogen and oxygen atoms in total. The molecule has 0 aliphatic rings. The molecule has 68 valence electrons. The lowest BCUT2D eigenvalue weighted by Gasteiger charge is -1.95. The van der Waals surface area contributed by atoms with Gasteiger partial charge >= 0.3 is 11.9 Å². The van der Waals surface area contributed by atoms with Crippen LogP contribution in [0.15, 0.2) is 11.6 Å². The summed E-state index contributed by atoms with van der Waals surface area (Å²) >= 11 is 0. The van der Waals surface area contributed by atoms with Crippen molar-refractivity contribution in [3.05, 3.63) is 11.6 Å². The first-order valence-electron chi connectivity index (χ1n) is 3.61. The molecular weight excluding hydrogens is 160 g/mol. The molecule has 2 N–H and O–H groups in total. The summed E-state index contributed by atoms with van der Waals surface area (Å²) in [6.45, 7) is 1.73. The van der Waals surface area contributed by atoms with Gasteiger partial charge in [-0.2, -0.15) is 0 Å². The Kier molecular flexibility index (Phi) is 4.76. The zero-order valence-electron chi connectivity index (χ0n) is 6.91. The van der Waals surface area contributed by atoms with Crippen LogP contribution in [-0.4, -0.2) is 22.2 Å². The zero-order chi connectivity index (χ0) is 9.56. The first-order chi connectivity index (χ1) is 5.52. The molecule has 4 heteroatoms. The van der Waals surface area contributed by atoms with Gasteiger partial charge < -0.3 is 10.2 Å². The van der Waals surface area contributed by atoms with E-state index in [2.05, 4.69) is 0 Å². The molecule has 0 aromatic heterocycles. The Bertz CT molecular complexity index is 205. The maximum atomic E-state index is 10.1. The fourth-order valence-corrected chi connectivity index (χ4v) is 0.668. The number of hydrogen-bond acceptors (Lipinski definition) is 2. The highest BCUT2D eigenvalue weighted by molar-refractivity contribution is 5.69. The van der Waals surface area contributed by atoms with Gasteiger partial charge in [0.2, 0.25) is 0 Å². The molecule has 0 aromatic rings. The topological polar surface area (TPSA) is 74.6 Å². The highest BCUT2D eigenvalue weighted by atomic mass is 16.4. The molecule has 0 radical (unpaired) electrons. The smallest absolute Gasteiger partial charge is 0.307 e. The van der Waals surface area contributed by atoms with E-state index in [0.29, 0.717) is 6.42 Å².